The van der Waals surface area contributed by atoms with Crippen molar-refractivity contribution in [3.8, 4) is 22.3 Å². The second kappa shape index (κ2) is 7.94. The van der Waals surface area contributed by atoms with Crippen LogP contribution < -0.4 is 0 Å². The fraction of sp³-hybridized carbons (Fsp3) is 0.105. The number of hydrogen-bond acceptors (Lipinski definition) is 1. The van der Waals surface area contributed by atoms with E-state index in [0.29, 0.717) is 11.8 Å². The minimum absolute atomic E-state index is 0.352. The highest BCUT2D eigenvalue weighted by molar-refractivity contribution is 6.16. The Hall–Kier alpha value is -4.62. The van der Waals surface area contributed by atoms with Gasteiger partial charge < -0.3 is 4.42 Å². The van der Waals surface area contributed by atoms with Crippen LogP contribution in [0.1, 0.15) is 35.8 Å². The number of furan rings is 1. The van der Waals surface area contributed by atoms with E-state index in [1.165, 1.54) is 66.1 Å². The number of rotatable bonds is 2. The number of fused-ring (bicyclic) bond motifs is 6. The van der Waals surface area contributed by atoms with Crippen LogP contribution in [-0.2, 0) is 0 Å². The van der Waals surface area contributed by atoms with Crippen molar-refractivity contribution in [3.63, 3.8) is 0 Å². The van der Waals surface area contributed by atoms with E-state index in [-0.39, 0.29) is 0 Å². The van der Waals surface area contributed by atoms with E-state index >= 15 is 0 Å². The first kappa shape index (κ1) is 21.3. The normalized spacial score (nSPS) is 19.3. The molecule has 0 saturated carbocycles. The first-order chi connectivity index (χ1) is 19.3. The van der Waals surface area contributed by atoms with Gasteiger partial charge in [0.1, 0.15) is 11.2 Å². The zero-order valence-electron chi connectivity index (χ0n) is 21.5. The number of benzene rings is 5. The summed E-state index contributed by atoms with van der Waals surface area (Å²) in [6.07, 6.45) is 11.8. The van der Waals surface area contributed by atoms with Crippen LogP contribution in [0.5, 0.6) is 0 Å². The summed E-state index contributed by atoms with van der Waals surface area (Å²) in [6.45, 7) is 0. The van der Waals surface area contributed by atoms with Crippen molar-refractivity contribution in [2.45, 2.75) is 24.7 Å². The van der Waals surface area contributed by atoms with Gasteiger partial charge in [-0.1, -0.05) is 109 Å². The van der Waals surface area contributed by atoms with Crippen LogP contribution in [0, 0.1) is 0 Å². The molecular weight excluding hydrogens is 472 g/mol. The molecule has 0 spiro atoms. The molecule has 0 aliphatic heterocycles. The van der Waals surface area contributed by atoms with Crippen LogP contribution in [0.15, 0.2) is 137 Å². The van der Waals surface area contributed by atoms with Crippen molar-refractivity contribution in [2.75, 3.05) is 0 Å². The van der Waals surface area contributed by atoms with Crippen LogP contribution in [0.3, 0.4) is 0 Å². The van der Waals surface area contributed by atoms with Crippen molar-refractivity contribution in [3.05, 3.63) is 144 Å². The lowest BCUT2D eigenvalue weighted by Crippen LogP contribution is -2.10. The van der Waals surface area contributed by atoms with Crippen molar-refractivity contribution in [1.29, 1.82) is 0 Å². The van der Waals surface area contributed by atoms with E-state index in [2.05, 4.69) is 115 Å². The minimum Gasteiger partial charge on any atom is -0.456 e. The largest absolute Gasteiger partial charge is 0.456 e. The third kappa shape index (κ3) is 3.02. The molecule has 2 unspecified atom stereocenters. The number of hydrogen-bond donors (Lipinski definition) is 0. The molecule has 0 N–H and O–H groups in total. The molecule has 0 fully saturated rings. The third-order valence-corrected chi connectivity index (χ3v) is 9.17. The second-order valence-corrected chi connectivity index (χ2v) is 11.2. The molecule has 6 aromatic rings. The Kier molecular flexibility index (Phi) is 4.34. The van der Waals surface area contributed by atoms with Gasteiger partial charge >= 0.3 is 0 Å². The Morgan fingerprint density at radius 2 is 1.08 bits per heavy atom. The molecule has 2 atom stereocenters. The van der Waals surface area contributed by atoms with Gasteiger partial charge in [0.05, 0.1) is 0 Å². The third-order valence-electron chi connectivity index (χ3n) is 9.17. The first-order valence-electron chi connectivity index (χ1n) is 14.0. The molecule has 3 aliphatic rings. The number of para-hydroxylation sites is 1. The van der Waals surface area contributed by atoms with Gasteiger partial charge in [-0.05, 0) is 80.3 Å². The van der Waals surface area contributed by atoms with Gasteiger partial charge in [-0.2, -0.15) is 0 Å². The van der Waals surface area contributed by atoms with Crippen molar-refractivity contribution in [1.82, 2.24) is 0 Å². The molecule has 1 heteroatoms. The lowest BCUT2D eigenvalue weighted by molar-refractivity contribution is 0.668. The fourth-order valence-electron chi connectivity index (χ4n) is 7.38. The van der Waals surface area contributed by atoms with E-state index in [0.717, 1.165) is 24.0 Å². The molecular formula is C38H26O. The maximum atomic E-state index is 6.18. The van der Waals surface area contributed by atoms with Gasteiger partial charge in [-0.15, -0.1) is 0 Å². The Bertz CT molecular complexity index is 2050. The maximum Gasteiger partial charge on any atom is 0.135 e. The molecule has 39 heavy (non-hydrogen) atoms. The highest BCUT2D eigenvalue weighted by Crippen LogP contribution is 2.50. The molecule has 0 amide bonds. The fourth-order valence-corrected chi connectivity index (χ4v) is 7.38. The Morgan fingerprint density at radius 1 is 0.462 bits per heavy atom. The topological polar surface area (TPSA) is 13.1 Å². The van der Waals surface area contributed by atoms with Crippen LogP contribution in [0.2, 0.25) is 0 Å². The van der Waals surface area contributed by atoms with E-state index < -0.39 is 0 Å². The summed E-state index contributed by atoms with van der Waals surface area (Å²) in [6, 6.07) is 35.3. The highest BCUT2D eigenvalue weighted by Gasteiger charge is 2.27. The number of allylic oxidation sites excluding steroid dienone is 6. The summed E-state index contributed by atoms with van der Waals surface area (Å²) in [7, 11) is 0. The van der Waals surface area contributed by atoms with Gasteiger partial charge in [0.15, 0.2) is 0 Å². The predicted molar refractivity (Wildman–Crippen MR) is 162 cm³/mol. The lowest BCUT2D eigenvalue weighted by atomic mass is 9.76. The predicted octanol–water partition coefficient (Wildman–Crippen LogP) is 10.5. The maximum absolute atomic E-state index is 6.18. The molecule has 184 valence electrons. The summed E-state index contributed by atoms with van der Waals surface area (Å²) in [5, 5.41) is 5.29. The molecule has 5 aromatic carbocycles. The molecule has 9 rings (SSSR count). The van der Waals surface area contributed by atoms with Crippen LogP contribution in [0.25, 0.3) is 55.0 Å². The van der Waals surface area contributed by atoms with Gasteiger partial charge in [-0.25, -0.2) is 0 Å². The van der Waals surface area contributed by atoms with Crippen LogP contribution in [-0.4, -0.2) is 0 Å². The average molecular weight is 499 g/mol. The van der Waals surface area contributed by atoms with Crippen molar-refractivity contribution < 1.29 is 4.42 Å². The van der Waals surface area contributed by atoms with E-state index in [1.807, 2.05) is 6.07 Å². The van der Waals surface area contributed by atoms with Crippen LogP contribution in [0.4, 0.5) is 0 Å². The smallest absolute Gasteiger partial charge is 0.135 e. The summed E-state index contributed by atoms with van der Waals surface area (Å²) < 4.78 is 6.18. The SMILES string of the molecule is C1=CC(c2cccc3oc4ccccc4c23)CC2=C1CC(c1ccc3c4c(cccc14)-c1ccccc1-3)C=C2. The summed E-state index contributed by atoms with van der Waals surface area (Å²) in [4.78, 5) is 0. The monoisotopic (exact) mass is 498 g/mol. The van der Waals surface area contributed by atoms with E-state index in [9.17, 15) is 0 Å². The van der Waals surface area contributed by atoms with Gasteiger partial charge in [0.2, 0.25) is 0 Å². The van der Waals surface area contributed by atoms with E-state index in [1.54, 1.807) is 0 Å². The molecule has 3 aliphatic carbocycles. The summed E-state index contributed by atoms with van der Waals surface area (Å²) >= 11 is 0. The van der Waals surface area contributed by atoms with E-state index in [4.69, 9.17) is 4.42 Å². The standard InChI is InChI=1S/C38H26O/c1-2-8-30-29(7-1)32-12-5-11-31-27(19-20-33(30)37(31)32)25-17-15-24-22-26(18-16-23(24)21-25)28-10-6-14-36-38(28)34-9-3-4-13-35(34)39-36/h1-20,25-26H,21-22H2. The Balaban J connectivity index is 1.07. The quantitative estimate of drug-likeness (QED) is 0.231. The first-order valence-corrected chi connectivity index (χ1v) is 14.0. The summed E-state index contributed by atoms with van der Waals surface area (Å²) in [5.41, 5.74) is 13.2. The van der Waals surface area contributed by atoms with Crippen molar-refractivity contribution in [2.24, 2.45) is 0 Å². The molecule has 1 aromatic heterocycles. The summed E-state index contributed by atoms with van der Waals surface area (Å²) in [5.74, 6) is 0.740. The highest BCUT2D eigenvalue weighted by atomic mass is 16.3. The van der Waals surface area contributed by atoms with Crippen LogP contribution >= 0.6 is 0 Å². The lowest BCUT2D eigenvalue weighted by Gasteiger charge is -2.28. The zero-order valence-corrected chi connectivity index (χ0v) is 21.5. The second-order valence-electron chi connectivity index (χ2n) is 11.2. The molecule has 0 bridgehead atoms. The van der Waals surface area contributed by atoms with Gasteiger partial charge in [-0.3, -0.25) is 0 Å². The average Bonchev–Trinajstić information content (AvgIpc) is 3.54. The zero-order chi connectivity index (χ0) is 25.5. The molecule has 0 radical (unpaired) electrons. The molecule has 0 saturated heterocycles. The van der Waals surface area contributed by atoms with Crippen molar-refractivity contribution >= 4 is 32.7 Å². The molecule has 1 nitrogen and oxygen atoms in total. The Labute approximate surface area is 227 Å². The minimum atomic E-state index is 0.352. The van der Waals surface area contributed by atoms with Gasteiger partial charge in [0, 0.05) is 22.6 Å². The van der Waals surface area contributed by atoms with Gasteiger partial charge in [0.25, 0.3) is 0 Å². The molecule has 1 heterocycles. The Morgan fingerprint density at radius 3 is 1.90 bits per heavy atom.